The van der Waals surface area contributed by atoms with Gasteiger partial charge >= 0.3 is 0 Å². The van der Waals surface area contributed by atoms with E-state index in [9.17, 15) is 4.79 Å². The van der Waals surface area contributed by atoms with Gasteiger partial charge in [-0.15, -0.1) is 0 Å². The molecule has 3 rings (SSSR count). The Morgan fingerprint density at radius 3 is 2.59 bits per heavy atom. The molecule has 0 fully saturated rings. The van der Waals surface area contributed by atoms with Gasteiger partial charge in [-0.05, 0) is 17.7 Å². The largest absolute Gasteiger partial charge is 0.486 e. The molecule has 2 heterocycles. The van der Waals surface area contributed by atoms with Gasteiger partial charge < -0.3 is 15.2 Å². The average molecular weight is 233 g/mol. The summed E-state index contributed by atoms with van der Waals surface area (Å²) < 4.78 is 10.9. The standard InChI is InChI=1S/C11H11N3O3/c12-10-9(11(15)14-13-10)6-1-2-7-8(5-6)17-4-3-16-7/h1-2,5H,3-4H2,(H4,12,13,14,15). The fraction of sp³-hybridized carbons (Fsp3) is 0.182. The number of nitrogens with two attached hydrogens (primary N) is 1. The van der Waals surface area contributed by atoms with Crippen LogP contribution < -0.4 is 20.8 Å². The molecule has 6 nitrogen and oxygen atoms in total. The molecule has 0 spiro atoms. The normalized spacial score (nSPS) is 13.6. The summed E-state index contributed by atoms with van der Waals surface area (Å²) in [5.74, 6) is 1.63. The molecule has 1 aliphatic heterocycles. The zero-order chi connectivity index (χ0) is 11.8. The van der Waals surface area contributed by atoms with E-state index in [0.717, 1.165) is 0 Å². The molecule has 1 aliphatic rings. The first-order chi connectivity index (χ1) is 8.25. The van der Waals surface area contributed by atoms with Crippen LogP contribution in [0.4, 0.5) is 5.82 Å². The van der Waals surface area contributed by atoms with Crippen molar-refractivity contribution >= 4 is 5.82 Å². The fourth-order valence-corrected chi connectivity index (χ4v) is 1.86. The molecule has 0 unspecified atom stereocenters. The maximum absolute atomic E-state index is 11.6. The first-order valence-corrected chi connectivity index (χ1v) is 5.22. The van der Waals surface area contributed by atoms with E-state index in [-0.39, 0.29) is 5.56 Å². The summed E-state index contributed by atoms with van der Waals surface area (Å²) in [6, 6.07) is 5.31. The van der Waals surface area contributed by atoms with Crippen molar-refractivity contribution in [2.24, 2.45) is 0 Å². The minimum atomic E-state index is -0.251. The van der Waals surface area contributed by atoms with Crippen LogP contribution in [-0.4, -0.2) is 23.4 Å². The van der Waals surface area contributed by atoms with Gasteiger partial charge in [-0.3, -0.25) is 15.0 Å². The van der Waals surface area contributed by atoms with Gasteiger partial charge in [0.2, 0.25) is 0 Å². The molecule has 0 amide bonds. The van der Waals surface area contributed by atoms with E-state index >= 15 is 0 Å². The second kappa shape index (κ2) is 3.58. The number of nitrogen functional groups attached to an aromatic ring is 1. The minimum absolute atomic E-state index is 0.251. The minimum Gasteiger partial charge on any atom is -0.486 e. The molecule has 0 aliphatic carbocycles. The fourth-order valence-electron chi connectivity index (χ4n) is 1.86. The predicted octanol–water partition coefficient (Wildman–Crippen LogP) is 0.723. The van der Waals surface area contributed by atoms with Gasteiger partial charge in [0.15, 0.2) is 11.5 Å². The molecule has 6 heteroatoms. The summed E-state index contributed by atoms with van der Waals surface area (Å²) in [6.45, 7) is 1.05. The summed E-state index contributed by atoms with van der Waals surface area (Å²) in [6.07, 6.45) is 0. The van der Waals surface area contributed by atoms with Crippen LogP contribution in [0.15, 0.2) is 23.0 Å². The zero-order valence-electron chi connectivity index (χ0n) is 8.95. The molecule has 17 heavy (non-hydrogen) atoms. The number of ether oxygens (including phenoxy) is 2. The second-order valence-electron chi connectivity index (χ2n) is 3.73. The summed E-state index contributed by atoms with van der Waals surface area (Å²) >= 11 is 0. The van der Waals surface area contributed by atoms with Crippen LogP contribution in [0.1, 0.15) is 0 Å². The van der Waals surface area contributed by atoms with Crippen molar-refractivity contribution in [2.45, 2.75) is 0 Å². The first kappa shape index (κ1) is 9.83. The van der Waals surface area contributed by atoms with Crippen molar-refractivity contribution in [3.05, 3.63) is 28.6 Å². The Balaban J connectivity index is 2.13. The average Bonchev–Trinajstić information content (AvgIpc) is 2.68. The van der Waals surface area contributed by atoms with Gasteiger partial charge in [-0.25, -0.2) is 0 Å². The Hall–Kier alpha value is -2.37. The summed E-state index contributed by atoms with van der Waals surface area (Å²) in [5, 5.41) is 5.02. The maximum Gasteiger partial charge on any atom is 0.273 e. The molecule has 1 aromatic carbocycles. The molecule has 4 N–H and O–H groups in total. The Morgan fingerprint density at radius 2 is 1.88 bits per heavy atom. The number of aromatic amines is 2. The van der Waals surface area contributed by atoms with Crippen molar-refractivity contribution in [2.75, 3.05) is 18.9 Å². The number of nitrogens with one attached hydrogen (secondary N) is 2. The van der Waals surface area contributed by atoms with E-state index in [4.69, 9.17) is 15.2 Å². The number of benzene rings is 1. The van der Waals surface area contributed by atoms with E-state index in [2.05, 4.69) is 10.2 Å². The molecule has 1 aromatic heterocycles. The van der Waals surface area contributed by atoms with Gasteiger partial charge in [0.05, 0.1) is 5.56 Å². The van der Waals surface area contributed by atoms with Crippen LogP contribution in [0, 0.1) is 0 Å². The third-order valence-electron chi connectivity index (χ3n) is 2.64. The second-order valence-corrected chi connectivity index (χ2v) is 3.73. The lowest BCUT2D eigenvalue weighted by Crippen LogP contribution is -2.15. The van der Waals surface area contributed by atoms with Gasteiger partial charge in [-0.1, -0.05) is 6.07 Å². The molecule has 88 valence electrons. The Kier molecular flexibility index (Phi) is 2.07. The Morgan fingerprint density at radius 1 is 1.12 bits per heavy atom. The number of rotatable bonds is 1. The maximum atomic E-state index is 11.6. The number of hydrogen-bond acceptors (Lipinski definition) is 4. The van der Waals surface area contributed by atoms with Crippen molar-refractivity contribution in [1.82, 2.24) is 10.2 Å². The van der Waals surface area contributed by atoms with E-state index in [1.165, 1.54) is 0 Å². The van der Waals surface area contributed by atoms with Crippen molar-refractivity contribution in [3.63, 3.8) is 0 Å². The smallest absolute Gasteiger partial charge is 0.273 e. The third-order valence-corrected chi connectivity index (χ3v) is 2.64. The lowest BCUT2D eigenvalue weighted by molar-refractivity contribution is 0.171. The van der Waals surface area contributed by atoms with Crippen LogP contribution in [0.3, 0.4) is 0 Å². The number of fused-ring (bicyclic) bond motifs is 1. The number of H-pyrrole nitrogens is 2. The summed E-state index contributed by atoms with van der Waals surface area (Å²) in [7, 11) is 0. The zero-order valence-corrected chi connectivity index (χ0v) is 8.95. The molecule has 0 radical (unpaired) electrons. The molecular formula is C11H11N3O3. The van der Waals surface area contributed by atoms with Crippen molar-refractivity contribution < 1.29 is 9.47 Å². The van der Waals surface area contributed by atoms with E-state index in [1.807, 2.05) is 0 Å². The first-order valence-electron chi connectivity index (χ1n) is 5.22. The van der Waals surface area contributed by atoms with E-state index in [0.29, 0.717) is 41.7 Å². The molecule has 0 bridgehead atoms. The number of anilines is 1. The number of hydrogen-bond donors (Lipinski definition) is 3. The van der Waals surface area contributed by atoms with Gasteiger partial charge in [0.25, 0.3) is 5.56 Å². The van der Waals surface area contributed by atoms with Gasteiger partial charge in [-0.2, -0.15) is 0 Å². The molecular weight excluding hydrogens is 222 g/mol. The Labute approximate surface area is 96.3 Å². The lowest BCUT2D eigenvalue weighted by atomic mass is 10.1. The van der Waals surface area contributed by atoms with Crippen LogP contribution in [0.25, 0.3) is 11.1 Å². The molecule has 0 saturated heterocycles. The third kappa shape index (κ3) is 1.54. The van der Waals surface area contributed by atoms with Crippen LogP contribution in [0.2, 0.25) is 0 Å². The van der Waals surface area contributed by atoms with Crippen LogP contribution in [-0.2, 0) is 0 Å². The van der Waals surface area contributed by atoms with Crippen LogP contribution in [0.5, 0.6) is 11.5 Å². The van der Waals surface area contributed by atoms with Crippen molar-refractivity contribution in [3.8, 4) is 22.6 Å². The van der Waals surface area contributed by atoms with Gasteiger partial charge in [0, 0.05) is 0 Å². The molecule has 0 saturated carbocycles. The Bertz CT molecular complexity index is 615. The molecule has 0 atom stereocenters. The highest BCUT2D eigenvalue weighted by Crippen LogP contribution is 2.34. The van der Waals surface area contributed by atoms with E-state index < -0.39 is 0 Å². The SMILES string of the molecule is Nc1[nH][nH]c(=O)c1-c1ccc2c(c1)OCCO2. The monoisotopic (exact) mass is 233 g/mol. The highest BCUT2D eigenvalue weighted by atomic mass is 16.6. The van der Waals surface area contributed by atoms with Crippen molar-refractivity contribution in [1.29, 1.82) is 0 Å². The highest BCUT2D eigenvalue weighted by Gasteiger charge is 2.15. The summed E-state index contributed by atoms with van der Waals surface area (Å²) in [5.41, 5.74) is 6.56. The summed E-state index contributed by atoms with van der Waals surface area (Å²) in [4.78, 5) is 11.6. The van der Waals surface area contributed by atoms with E-state index in [1.54, 1.807) is 18.2 Å². The molecule has 2 aromatic rings. The van der Waals surface area contributed by atoms with Crippen LogP contribution >= 0.6 is 0 Å². The van der Waals surface area contributed by atoms with Gasteiger partial charge in [0.1, 0.15) is 19.0 Å². The highest BCUT2D eigenvalue weighted by molar-refractivity contribution is 5.75. The topological polar surface area (TPSA) is 93.1 Å². The quantitative estimate of drug-likeness (QED) is 0.676. The number of aromatic nitrogens is 2. The lowest BCUT2D eigenvalue weighted by Gasteiger charge is -2.18. The predicted molar refractivity (Wildman–Crippen MR) is 62.3 cm³/mol.